The molecule has 0 aliphatic heterocycles. The zero-order chi connectivity index (χ0) is 24.1. The number of rotatable bonds is 15. The fourth-order valence-electron chi connectivity index (χ4n) is 2.73. The van der Waals surface area contributed by atoms with Crippen LogP contribution in [0.1, 0.15) is 52.9 Å². The molecular formula is C19H36N6O6. The Kier molecular flexibility index (Phi) is 13.0. The van der Waals surface area contributed by atoms with E-state index in [9.17, 15) is 24.0 Å². The maximum Gasteiger partial charge on any atom is 0.326 e. The summed E-state index contributed by atoms with van der Waals surface area (Å²) >= 11 is 0. The number of nitrogens with one attached hydrogen (secondary N) is 3. The predicted octanol–water partition coefficient (Wildman–Crippen LogP) is -2.08. The van der Waals surface area contributed by atoms with E-state index in [0.29, 0.717) is 25.8 Å². The van der Waals surface area contributed by atoms with Crippen LogP contribution in [-0.4, -0.2) is 65.4 Å². The van der Waals surface area contributed by atoms with Crippen LogP contribution in [0.2, 0.25) is 0 Å². The van der Waals surface area contributed by atoms with Crippen LogP contribution in [0, 0.1) is 5.92 Å². The average molecular weight is 445 g/mol. The van der Waals surface area contributed by atoms with Gasteiger partial charge in [0.15, 0.2) is 0 Å². The summed E-state index contributed by atoms with van der Waals surface area (Å²) in [5, 5.41) is 16.4. The number of carbonyl (C=O) groups excluding carboxylic acids is 4. The minimum atomic E-state index is -1.52. The summed E-state index contributed by atoms with van der Waals surface area (Å²) in [4.78, 5) is 59.5. The summed E-state index contributed by atoms with van der Waals surface area (Å²) < 4.78 is 0. The first-order valence-electron chi connectivity index (χ1n) is 10.3. The first kappa shape index (κ1) is 28.3. The topological polar surface area (TPSA) is 220 Å². The average Bonchev–Trinajstić information content (AvgIpc) is 2.65. The molecule has 31 heavy (non-hydrogen) atoms. The van der Waals surface area contributed by atoms with Gasteiger partial charge in [0.2, 0.25) is 23.6 Å². The number of hydrogen-bond donors (Lipinski definition) is 7. The van der Waals surface area contributed by atoms with Crippen LogP contribution >= 0.6 is 0 Å². The molecule has 0 radical (unpaired) electrons. The van der Waals surface area contributed by atoms with Gasteiger partial charge in [0, 0.05) is 0 Å². The van der Waals surface area contributed by atoms with E-state index in [-0.39, 0.29) is 12.3 Å². The smallest absolute Gasteiger partial charge is 0.326 e. The summed E-state index contributed by atoms with van der Waals surface area (Å²) in [6.07, 6.45) is 1.11. The molecule has 4 unspecified atom stereocenters. The molecule has 0 spiro atoms. The number of unbranched alkanes of at least 4 members (excludes halogenated alkanes) is 1. The number of nitrogens with two attached hydrogens (primary N) is 3. The van der Waals surface area contributed by atoms with Crippen LogP contribution in [-0.2, 0) is 24.0 Å². The van der Waals surface area contributed by atoms with Gasteiger partial charge < -0.3 is 38.3 Å². The molecule has 0 fully saturated rings. The second kappa shape index (κ2) is 14.3. The van der Waals surface area contributed by atoms with Crippen molar-refractivity contribution >= 4 is 29.6 Å². The Morgan fingerprint density at radius 2 is 1.45 bits per heavy atom. The highest BCUT2D eigenvalue weighted by Crippen LogP contribution is 2.05. The Bertz CT molecular complexity index is 641. The van der Waals surface area contributed by atoms with E-state index in [1.54, 1.807) is 0 Å². The van der Waals surface area contributed by atoms with E-state index in [1.165, 1.54) is 6.92 Å². The van der Waals surface area contributed by atoms with Gasteiger partial charge in [-0.25, -0.2) is 4.79 Å². The lowest BCUT2D eigenvalue weighted by Gasteiger charge is -2.23. The number of carboxylic acid groups (broad SMARTS) is 1. The van der Waals surface area contributed by atoms with Crippen molar-refractivity contribution in [2.75, 3.05) is 6.54 Å². The standard InChI is InChI=1S/C19H36N6O6/c1-10(2)8-12(21)17(28)23-11(3)16(27)24-13(6-4-5-7-20)18(29)25-14(19(30)31)9-15(22)26/h10-14H,4-9,20-21H2,1-3H3,(H2,22,26)(H,23,28)(H,24,27)(H,25,29)(H,30,31). The number of carbonyl (C=O) groups is 5. The SMILES string of the molecule is CC(C)CC(N)C(=O)NC(C)C(=O)NC(CCCCN)C(=O)NC(CC(N)=O)C(=O)O. The van der Waals surface area contributed by atoms with Crippen LogP contribution in [0.4, 0.5) is 0 Å². The molecular weight excluding hydrogens is 408 g/mol. The number of hydrogen-bond acceptors (Lipinski definition) is 7. The lowest BCUT2D eigenvalue weighted by Crippen LogP contribution is -2.56. The Hall–Kier alpha value is -2.73. The molecule has 12 heteroatoms. The van der Waals surface area contributed by atoms with Crippen LogP contribution in [0.25, 0.3) is 0 Å². The van der Waals surface area contributed by atoms with Crippen molar-refractivity contribution in [3.8, 4) is 0 Å². The largest absolute Gasteiger partial charge is 0.480 e. The first-order valence-corrected chi connectivity index (χ1v) is 10.3. The lowest BCUT2D eigenvalue weighted by molar-refractivity contribution is -0.143. The van der Waals surface area contributed by atoms with Crippen molar-refractivity contribution in [2.24, 2.45) is 23.1 Å². The zero-order valence-corrected chi connectivity index (χ0v) is 18.3. The highest BCUT2D eigenvalue weighted by molar-refractivity contribution is 5.94. The molecule has 12 nitrogen and oxygen atoms in total. The van der Waals surface area contributed by atoms with Gasteiger partial charge in [0.05, 0.1) is 12.5 Å². The Morgan fingerprint density at radius 1 is 0.871 bits per heavy atom. The van der Waals surface area contributed by atoms with Crippen LogP contribution in [0.15, 0.2) is 0 Å². The molecule has 0 aromatic carbocycles. The highest BCUT2D eigenvalue weighted by Gasteiger charge is 2.29. The van der Waals surface area contributed by atoms with E-state index < -0.39 is 60.2 Å². The third-order valence-electron chi connectivity index (χ3n) is 4.41. The molecule has 10 N–H and O–H groups in total. The maximum absolute atomic E-state index is 12.6. The van der Waals surface area contributed by atoms with Gasteiger partial charge in [-0.05, 0) is 45.1 Å². The Balaban J connectivity index is 5.12. The van der Waals surface area contributed by atoms with Crippen molar-refractivity contribution in [3.05, 3.63) is 0 Å². The van der Waals surface area contributed by atoms with Crippen molar-refractivity contribution in [2.45, 2.75) is 77.0 Å². The summed E-state index contributed by atoms with van der Waals surface area (Å²) in [5.74, 6) is -4.05. The number of amides is 4. The maximum atomic E-state index is 12.6. The molecule has 4 amide bonds. The fraction of sp³-hybridized carbons (Fsp3) is 0.737. The van der Waals surface area contributed by atoms with E-state index in [0.717, 1.165) is 0 Å². The van der Waals surface area contributed by atoms with Gasteiger partial charge in [-0.1, -0.05) is 13.8 Å². The van der Waals surface area contributed by atoms with Crippen molar-refractivity contribution in [3.63, 3.8) is 0 Å². The van der Waals surface area contributed by atoms with E-state index in [2.05, 4.69) is 16.0 Å². The molecule has 0 saturated carbocycles. The molecule has 0 aliphatic carbocycles. The molecule has 0 heterocycles. The molecule has 4 atom stereocenters. The zero-order valence-electron chi connectivity index (χ0n) is 18.3. The van der Waals surface area contributed by atoms with Gasteiger partial charge in [-0.3, -0.25) is 19.2 Å². The van der Waals surface area contributed by atoms with Crippen LogP contribution in [0.5, 0.6) is 0 Å². The van der Waals surface area contributed by atoms with E-state index >= 15 is 0 Å². The minimum Gasteiger partial charge on any atom is -0.480 e. The predicted molar refractivity (Wildman–Crippen MR) is 113 cm³/mol. The molecule has 0 bridgehead atoms. The van der Waals surface area contributed by atoms with Gasteiger partial charge in [-0.2, -0.15) is 0 Å². The number of primary amides is 1. The monoisotopic (exact) mass is 444 g/mol. The second-order valence-electron chi connectivity index (χ2n) is 7.88. The molecule has 178 valence electrons. The molecule has 0 aromatic rings. The van der Waals surface area contributed by atoms with E-state index in [1.807, 2.05) is 13.8 Å². The van der Waals surface area contributed by atoms with Gasteiger partial charge in [0.1, 0.15) is 18.1 Å². The second-order valence-corrected chi connectivity index (χ2v) is 7.88. The molecule has 0 saturated heterocycles. The lowest BCUT2D eigenvalue weighted by atomic mass is 10.0. The van der Waals surface area contributed by atoms with E-state index in [4.69, 9.17) is 22.3 Å². The van der Waals surface area contributed by atoms with Crippen molar-refractivity contribution in [1.29, 1.82) is 0 Å². The minimum absolute atomic E-state index is 0.186. The molecule has 0 rings (SSSR count). The first-order chi connectivity index (χ1) is 14.4. The summed E-state index contributed by atoms with van der Waals surface area (Å²) in [6.45, 7) is 5.64. The Labute approximate surface area is 182 Å². The number of aliphatic carboxylic acids is 1. The van der Waals surface area contributed by atoms with Crippen LogP contribution < -0.4 is 33.2 Å². The van der Waals surface area contributed by atoms with Crippen molar-refractivity contribution in [1.82, 2.24) is 16.0 Å². The van der Waals surface area contributed by atoms with Crippen molar-refractivity contribution < 1.29 is 29.1 Å². The third-order valence-corrected chi connectivity index (χ3v) is 4.41. The molecule has 0 aromatic heterocycles. The number of carboxylic acids is 1. The van der Waals surface area contributed by atoms with Gasteiger partial charge in [0.25, 0.3) is 0 Å². The van der Waals surface area contributed by atoms with Gasteiger partial charge in [-0.15, -0.1) is 0 Å². The normalized spacial score (nSPS) is 14.8. The summed E-state index contributed by atoms with van der Waals surface area (Å²) in [7, 11) is 0. The van der Waals surface area contributed by atoms with Gasteiger partial charge >= 0.3 is 5.97 Å². The Morgan fingerprint density at radius 3 is 1.94 bits per heavy atom. The quantitative estimate of drug-likeness (QED) is 0.139. The summed E-state index contributed by atoms with van der Waals surface area (Å²) in [5.41, 5.74) is 16.3. The van der Waals surface area contributed by atoms with Crippen LogP contribution in [0.3, 0.4) is 0 Å². The third kappa shape index (κ3) is 11.9. The molecule has 0 aliphatic rings. The fourth-order valence-corrected chi connectivity index (χ4v) is 2.73. The summed E-state index contributed by atoms with van der Waals surface area (Å²) in [6, 6.07) is -4.36. The highest BCUT2D eigenvalue weighted by atomic mass is 16.4.